The number of benzene rings is 4. The zero-order chi connectivity index (χ0) is 17.6. The molecule has 2 nitrogen and oxygen atoms in total. The standard InChI is InChI=1S/C22H22N2Si/c1-25(2,21-13-5-7-15-17(21)9-3-11-19(15)23)22-14-6-8-16-18(22)10-4-12-20(16)24/h3-14H,23-24H2,1-2H3. The van der Waals surface area contributed by atoms with Gasteiger partial charge >= 0.3 is 0 Å². The minimum atomic E-state index is -1.94. The normalized spacial score (nSPS) is 11.9. The second-order valence-corrected chi connectivity index (χ2v) is 11.4. The van der Waals surface area contributed by atoms with Gasteiger partial charge in [0.2, 0.25) is 0 Å². The fraction of sp³-hybridized carbons (Fsp3) is 0.0909. The molecule has 0 aromatic heterocycles. The van der Waals surface area contributed by atoms with Crippen molar-refractivity contribution in [1.82, 2.24) is 0 Å². The van der Waals surface area contributed by atoms with Gasteiger partial charge in [0.25, 0.3) is 0 Å². The number of hydrogen-bond acceptors (Lipinski definition) is 2. The third-order valence-electron chi connectivity index (χ3n) is 5.26. The molecule has 0 aliphatic carbocycles. The van der Waals surface area contributed by atoms with Gasteiger partial charge in [0.1, 0.15) is 8.07 Å². The molecule has 4 aromatic carbocycles. The summed E-state index contributed by atoms with van der Waals surface area (Å²) in [6.45, 7) is 4.81. The molecule has 4 rings (SSSR count). The quantitative estimate of drug-likeness (QED) is 0.428. The van der Waals surface area contributed by atoms with Crippen LogP contribution in [0.4, 0.5) is 11.4 Å². The summed E-state index contributed by atoms with van der Waals surface area (Å²) >= 11 is 0. The van der Waals surface area contributed by atoms with Gasteiger partial charge < -0.3 is 11.5 Å². The van der Waals surface area contributed by atoms with Crippen LogP contribution in [-0.4, -0.2) is 8.07 Å². The Morgan fingerprint density at radius 2 is 0.880 bits per heavy atom. The second-order valence-electron chi connectivity index (χ2n) is 7.12. The first-order valence-electron chi connectivity index (χ1n) is 8.55. The van der Waals surface area contributed by atoms with E-state index >= 15 is 0 Å². The molecule has 0 atom stereocenters. The SMILES string of the molecule is C[Si](C)(c1cccc2c(N)cccc12)c1cccc2c(N)cccc12. The third-order valence-corrected chi connectivity index (χ3v) is 8.82. The molecular formula is C22H22N2Si. The molecule has 0 saturated carbocycles. The van der Waals surface area contributed by atoms with Crippen molar-refractivity contribution in [3.8, 4) is 0 Å². The smallest absolute Gasteiger partial charge is 0.113 e. The summed E-state index contributed by atoms with van der Waals surface area (Å²) in [4.78, 5) is 0. The van der Waals surface area contributed by atoms with Gasteiger partial charge in [0.15, 0.2) is 0 Å². The summed E-state index contributed by atoms with van der Waals surface area (Å²) in [5.41, 5.74) is 14.1. The Morgan fingerprint density at radius 1 is 0.520 bits per heavy atom. The number of rotatable bonds is 2. The molecule has 0 heterocycles. The average molecular weight is 343 g/mol. The van der Waals surface area contributed by atoms with Gasteiger partial charge in [-0.3, -0.25) is 0 Å². The lowest BCUT2D eigenvalue weighted by Gasteiger charge is -2.27. The molecule has 25 heavy (non-hydrogen) atoms. The van der Waals surface area contributed by atoms with Crippen molar-refractivity contribution < 1.29 is 0 Å². The van der Waals surface area contributed by atoms with Crippen LogP contribution in [0.15, 0.2) is 72.8 Å². The molecule has 4 aromatic rings. The molecule has 4 N–H and O–H groups in total. The first kappa shape index (κ1) is 15.7. The van der Waals surface area contributed by atoms with E-state index in [1.165, 1.54) is 21.1 Å². The number of nitrogen functional groups attached to an aromatic ring is 2. The van der Waals surface area contributed by atoms with Crippen molar-refractivity contribution in [3.63, 3.8) is 0 Å². The van der Waals surface area contributed by atoms with E-state index in [1.54, 1.807) is 0 Å². The van der Waals surface area contributed by atoms with E-state index in [0.29, 0.717) is 0 Å². The maximum atomic E-state index is 6.22. The van der Waals surface area contributed by atoms with Crippen LogP contribution in [0.25, 0.3) is 21.5 Å². The lowest BCUT2D eigenvalue weighted by Crippen LogP contribution is -2.53. The maximum Gasteiger partial charge on any atom is 0.113 e. The average Bonchev–Trinajstić information content (AvgIpc) is 2.61. The van der Waals surface area contributed by atoms with Crippen molar-refractivity contribution >= 4 is 51.4 Å². The zero-order valence-electron chi connectivity index (χ0n) is 14.6. The Bertz CT molecular complexity index is 1010. The highest BCUT2D eigenvalue weighted by atomic mass is 28.3. The summed E-state index contributed by atoms with van der Waals surface area (Å²) in [5, 5.41) is 7.63. The van der Waals surface area contributed by atoms with Gasteiger partial charge in [-0.05, 0) is 33.3 Å². The highest BCUT2D eigenvalue weighted by Crippen LogP contribution is 2.25. The van der Waals surface area contributed by atoms with Crippen LogP contribution in [0, 0.1) is 0 Å². The molecule has 0 spiro atoms. The van der Waals surface area contributed by atoms with E-state index in [9.17, 15) is 0 Å². The highest BCUT2D eigenvalue weighted by molar-refractivity contribution is 7.03. The van der Waals surface area contributed by atoms with Crippen LogP contribution in [-0.2, 0) is 0 Å². The first-order chi connectivity index (χ1) is 12.0. The predicted octanol–water partition coefficient (Wildman–Crippen LogP) is 3.98. The number of hydrogen-bond donors (Lipinski definition) is 2. The monoisotopic (exact) mass is 342 g/mol. The van der Waals surface area contributed by atoms with Gasteiger partial charge in [0.05, 0.1) is 0 Å². The zero-order valence-corrected chi connectivity index (χ0v) is 15.6. The third kappa shape index (κ3) is 2.39. The molecule has 3 heteroatoms. The Hall–Kier alpha value is -2.78. The highest BCUT2D eigenvalue weighted by Gasteiger charge is 2.29. The molecule has 0 bridgehead atoms. The van der Waals surface area contributed by atoms with Gasteiger partial charge in [0, 0.05) is 22.1 Å². The molecule has 0 unspecified atom stereocenters. The fourth-order valence-electron chi connectivity index (χ4n) is 3.90. The Balaban J connectivity index is 2.04. The molecular weight excluding hydrogens is 320 g/mol. The lowest BCUT2D eigenvalue weighted by atomic mass is 10.1. The van der Waals surface area contributed by atoms with Gasteiger partial charge in [-0.15, -0.1) is 0 Å². The van der Waals surface area contributed by atoms with Crippen molar-refractivity contribution in [1.29, 1.82) is 0 Å². The maximum absolute atomic E-state index is 6.22. The first-order valence-corrected chi connectivity index (χ1v) is 11.6. The van der Waals surface area contributed by atoms with Crippen LogP contribution in [0.3, 0.4) is 0 Å². The summed E-state index contributed by atoms with van der Waals surface area (Å²) < 4.78 is 0. The van der Waals surface area contributed by atoms with E-state index < -0.39 is 8.07 Å². The van der Waals surface area contributed by atoms with Crippen LogP contribution in [0.1, 0.15) is 0 Å². The van der Waals surface area contributed by atoms with Crippen molar-refractivity contribution in [3.05, 3.63) is 72.8 Å². The number of anilines is 2. The molecule has 0 aliphatic rings. The number of nitrogens with two attached hydrogens (primary N) is 2. The van der Waals surface area contributed by atoms with Gasteiger partial charge in [-0.25, -0.2) is 0 Å². The Labute approximate surface area is 149 Å². The van der Waals surface area contributed by atoms with E-state index in [2.05, 4.69) is 61.6 Å². The Kier molecular flexibility index (Phi) is 3.55. The molecule has 0 radical (unpaired) electrons. The molecule has 124 valence electrons. The summed E-state index contributed by atoms with van der Waals surface area (Å²) in [5.74, 6) is 0. The Morgan fingerprint density at radius 3 is 1.32 bits per heavy atom. The van der Waals surface area contributed by atoms with Crippen LogP contribution >= 0.6 is 0 Å². The minimum absolute atomic E-state index is 0.839. The summed E-state index contributed by atoms with van der Waals surface area (Å²) in [6.07, 6.45) is 0. The van der Waals surface area contributed by atoms with Crippen LogP contribution < -0.4 is 21.8 Å². The predicted molar refractivity (Wildman–Crippen MR) is 113 cm³/mol. The van der Waals surface area contributed by atoms with E-state index in [4.69, 9.17) is 11.5 Å². The van der Waals surface area contributed by atoms with E-state index in [-0.39, 0.29) is 0 Å². The van der Waals surface area contributed by atoms with Gasteiger partial charge in [-0.1, -0.05) is 73.8 Å². The fourth-order valence-corrected chi connectivity index (χ4v) is 7.00. The molecule has 0 fully saturated rings. The van der Waals surface area contributed by atoms with Crippen molar-refractivity contribution in [2.24, 2.45) is 0 Å². The van der Waals surface area contributed by atoms with Crippen LogP contribution in [0.5, 0.6) is 0 Å². The largest absolute Gasteiger partial charge is 0.398 e. The van der Waals surface area contributed by atoms with Crippen LogP contribution in [0.2, 0.25) is 13.1 Å². The molecule has 0 amide bonds. The van der Waals surface area contributed by atoms with Crippen molar-refractivity contribution in [2.45, 2.75) is 13.1 Å². The van der Waals surface area contributed by atoms with Gasteiger partial charge in [-0.2, -0.15) is 0 Å². The lowest BCUT2D eigenvalue weighted by molar-refractivity contribution is 1.70. The second kappa shape index (κ2) is 5.64. The van der Waals surface area contributed by atoms with E-state index in [0.717, 1.165) is 22.1 Å². The minimum Gasteiger partial charge on any atom is -0.398 e. The topological polar surface area (TPSA) is 52.0 Å². The number of fused-ring (bicyclic) bond motifs is 2. The van der Waals surface area contributed by atoms with Crippen molar-refractivity contribution in [2.75, 3.05) is 11.5 Å². The van der Waals surface area contributed by atoms with E-state index in [1.807, 2.05) is 24.3 Å². The molecule has 0 aliphatic heterocycles. The molecule has 0 saturated heterocycles. The summed E-state index contributed by atoms with van der Waals surface area (Å²) in [6, 6.07) is 25.4. The summed E-state index contributed by atoms with van der Waals surface area (Å²) in [7, 11) is -1.94.